The van der Waals surface area contributed by atoms with Crippen LogP contribution >= 0.6 is 0 Å². The van der Waals surface area contributed by atoms with Crippen molar-refractivity contribution in [2.75, 3.05) is 7.11 Å². The third-order valence-electron chi connectivity index (χ3n) is 2.49. The van der Waals surface area contributed by atoms with Crippen molar-refractivity contribution in [1.82, 2.24) is 5.32 Å². The van der Waals surface area contributed by atoms with E-state index in [1.54, 1.807) is 6.07 Å². The number of rotatable bonds is 4. The van der Waals surface area contributed by atoms with Crippen molar-refractivity contribution in [3.8, 4) is 0 Å². The third kappa shape index (κ3) is 3.53. The van der Waals surface area contributed by atoms with Crippen molar-refractivity contribution < 1.29 is 13.9 Å². The average Bonchev–Trinajstić information content (AvgIpc) is 2.28. The van der Waals surface area contributed by atoms with Gasteiger partial charge in [-0.15, -0.1) is 0 Å². The molecule has 0 bridgehead atoms. The Morgan fingerprint density at radius 2 is 2.06 bits per heavy atom. The monoisotopic (exact) mass is 239 g/mol. The van der Waals surface area contributed by atoms with Gasteiger partial charge in [-0.1, -0.05) is 6.07 Å². The van der Waals surface area contributed by atoms with E-state index in [2.05, 4.69) is 5.32 Å². The fourth-order valence-electron chi connectivity index (χ4n) is 1.66. The highest BCUT2D eigenvalue weighted by Crippen LogP contribution is 2.20. The number of hydrogen-bond acceptors (Lipinski definition) is 3. The summed E-state index contributed by atoms with van der Waals surface area (Å²) in [7, 11) is 1.33. The molecule has 94 valence electrons. The number of benzene rings is 1. The smallest absolute Gasteiger partial charge is 0.327 e. The van der Waals surface area contributed by atoms with Crippen LogP contribution in [0.1, 0.15) is 31.0 Å². The second kappa shape index (κ2) is 5.77. The first-order chi connectivity index (χ1) is 7.95. The molecule has 1 rings (SSSR count). The van der Waals surface area contributed by atoms with Gasteiger partial charge >= 0.3 is 5.97 Å². The van der Waals surface area contributed by atoms with Crippen LogP contribution in [-0.4, -0.2) is 19.1 Å². The summed E-state index contributed by atoms with van der Waals surface area (Å²) in [5, 5.41) is 3.07. The topological polar surface area (TPSA) is 38.3 Å². The van der Waals surface area contributed by atoms with Crippen molar-refractivity contribution in [1.29, 1.82) is 0 Å². The number of esters is 1. The first-order valence-corrected chi connectivity index (χ1v) is 5.55. The summed E-state index contributed by atoms with van der Waals surface area (Å²) < 4.78 is 18.0. The maximum Gasteiger partial charge on any atom is 0.327 e. The lowest BCUT2D eigenvalue weighted by molar-refractivity contribution is -0.143. The summed E-state index contributed by atoms with van der Waals surface area (Å²) in [6.45, 7) is 5.68. The van der Waals surface area contributed by atoms with E-state index in [1.807, 2.05) is 20.8 Å². The Hall–Kier alpha value is -1.42. The van der Waals surface area contributed by atoms with Gasteiger partial charge in [0.05, 0.1) is 7.11 Å². The van der Waals surface area contributed by atoms with Crippen LogP contribution in [0.3, 0.4) is 0 Å². The van der Waals surface area contributed by atoms with Gasteiger partial charge in [-0.25, -0.2) is 9.18 Å². The normalized spacial score (nSPS) is 12.6. The number of hydrogen-bond donors (Lipinski definition) is 1. The lowest BCUT2D eigenvalue weighted by Gasteiger charge is -2.21. The number of ether oxygens (including phenoxy) is 1. The van der Waals surface area contributed by atoms with E-state index in [1.165, 1.54) is 19.2 Å². The summed E-state index contributed by atoms with van der Waals surface area (Å²) in [5.74, 6) is -0.766. The van der Waals surface area contributed by atoms with Crippen LogP contribution < -0.4 is 5.32 Å². The zero-order valence-corrected chi connectivity index (χ0v) is 10.6. The molecule has 1 aromatic carbocycles. The second-order valence-electron chi connectivity index (χ2n) is 4.28. The lowest BCUT2D eigenvalue weighted by Crippen LogP contribution is -2.34. The van der Waals surface area contributed by atoms with E-state index in [9.17, 15) is 9.18 Å². The average molecular weight is 239 g/mol. The summed E-state index contributed by atoms with van der Waals surface area (Å²) in [5.41, 5.74) is 1.47. The Kier molecular flexibility index (Phi) is 4.63. The molecule has 0 heterocycles. The predicted molar refractivity (Wildman–Crippen MR) is 64.2 cm³/mol. The van der Waals surface area contributed by atoms with Crippen LogP contribution in [0.2, 0.25) is 0 Å². The molecule has 1 N–H and O–H groups in total. The van der Waals surface area contributed by atoms with E-state index < -0.39 is 12.0 Å². The zero-order valence-electron chi connectivity index (χ0n) is 10.6. The van der Waals surface area contributed by atoms with Crippen LogP contribution in [0.15, 0.2) is 18.2 Å². The molecule has 0 spiro atoms. The molecular weight excluding hydrogens is 221 g/mol. The number of nitrogens with one attached hydrogen (secondary N) is 1. The fraction of sp³-hybridized carbons (Fsp3) is 0.462. The molecule has 0 fully saturated rings. The fourth-order valence-corrected chi connectivity index (χ4v) is 1.66. The van der Waals surface area contributed by atoms with Crippen molar-refractivity contribution in [2.24, 2.45) is 0 Å². The number of carbonyl (C=O) groups excluding carboxylic acids is 1. The number of carbonyl (C=O) groups is 1. The largest absolute Gasteiger partial charge is 0.468 e. The van der Waals surface area contributed by atoms with Crippen LogP contribution in [0.5, 0.6) is 0 Å². The van der Waals surface area contributed by atoms with E-state index >= 15 is 0 Å². The molecule has 4 heteroatoms. The molecule has 1 aromatic rings. The predicted octanol–water partition coefficient (Wildman–Crippen LogP) is 2.35. The summed E-state index contributed by atoms with van der Waals surface area (Å²) in [6.07, 6.45) is 0. The molecule has 0 aliphatic rings. The maximum absolute atomic E-state index is 13.2. The van der Waals surface area contributed by atoms with E-state index in [0.29, 0.717) is 5.56 Å². The minimum atomic E-state index is -0.629. The minimum Gasteiger partial charge on any atom is -0.468 e. The van der Waals surface area contributed by atoms with Crippen molar-refractivity contribution >= 4 is 5.97 Å². The van der Waals surface area contributed by atoms with Crippen molar-refractivity contribution in [3.63, 3.8) is 0 Å². The van der Waals surface area contributed by atoms with Crippen molar-refractivity contribution in [2.45, 2.75) is 32.9 Å². The Labute approximate surface area is 101 Å². The van der Waals surface area contributed by atoms with Crippen LogP contribution in [0, 0.1) is 12.7 Å². The van der Waals surface area contributed by atoms with Gasteiger partial charge < -0.3 is 4.74 Å². The molecule has 1 unspecified atom stereocenters. The van der Waals surface area contributed by atoms with Gasteiger partial charge in [-0.3, -0.25) is 5.32 Å². The Bertz CT molecular complexity index is 404. The second-order valence-corrected chi connectivity index (χ2v) is 4.28. The van der Waals surface area contributed by atoms with Crippen LogP contribution in [0.4, 0.5) is 4.39 Å². The Balaban J connectivity index is 3.11. The quantitative estimate of drug-likeness (QED) is 0.820. The van der Waals surface area contributed by atoms with E-state index in [0.717, 1.165) is 5.56 Å². The summed E-state index contributed by atoms with van der Waals surface area (Å²) in [6, 6.07) is 3.87. The number of halogens is 1. The molecule has 0 aliphatic carbocycles. The van der Waals surface area contributed by atoms with Gasteiger partial charge in [0, 0.05) is 6.04 Å². The standard InChI is InChI=1S/C13H18FNO2/c1-8(2)15-12(13(16)17-4)11-7-10(14)6-5-9(11)3/h5-8,12,15H,1-4H3. The molecule has 1 atom stereocenters. The highest BCUT2D eigenvalue weighted by atomic mass is 19.1. The van der Waals surface area contributed by atoms with Gasteiger partial charge in [0.2, 0.25) is 0 Å². The van der Waals surface area contributed by atoms with Crippen molar-refractivity contribution in [3.05, 3.63) is 35.1 Å². The first kappa shape index (κ1) is 13.6. The maximum atomic E-state index is 13.2. The zero-order chi connectivity index (χ0) is 13.0. The SMILES string of the molecule is COC(=O)C(NC(C)C)c1cc(F)ccc1C. The molecule has 0 radical (unpaired) electrons. The molecule has 0 amide bonds. The van der Waals surface area contributed by atoms with Gasteiger partial charge in [0.15, 0.2) is 0 Å². The van der Waals surface area contributed by atoms with E-state index in [-0.39, 0.29) is 11.9 Å². The summed E-state index contributed by atoms with van der Waals surface area (Å²) >= 11 is 0. The minimum absolute atomic E-state index is 0.0989. The van der Waals surface area contributed by atoms with Crippen LogP contribution in [0.25, 0.3) is 0 Å². The van der Waals surface area contributed by atoms with Gasteiger partial charge in [0.1, 0.15) is 11.9 Å². The lowest BCUT2D eigenvalue weighted by atomic mass is 10.0. The molecule has 17 heavy (non-hydrogen) atoms. The Morgan fingerprint density at radius 1 is 1.41 bits per heavy atom. The van der Waals surface area contributed by atoms with Crippen LogP contribution in [-0.2, 0) is 9.53 Å². The Morgan fingerprint density at radius 3 is 2.59 bits per heavy atom. The molecule has 0 saturated carbocycles. The molecule has 0 aliphatic heterocycles. The molecular formula is C13H18FNO2. The van der Waals surface area contributed by atoms with Gasteiger partial charge in [0.25, 0.3) is 0 Å². The molecule has 3 nitrogen and oxygen atoms in total. The number of methoxy groups -OCH3 is 1. The van der Waals surface area contributed by atoms with E-state index in [4.69, 9.17) is 4.74 Å². The molecule has 0 aromatic heterocycles. The molecule has 0 saturated heterocycles. The summed E-state index contributed by atoms with van der Waals surface area (Å²) in [4.78, 5) is 11.7. The highest BCUT2D eigenvalue weighted by molar-refractivity contribution is 5.78. The number of aryl methyl sites for hydroxylation is 1. The first-order valence-electron chi connectivity index (χ1n) is 5.55. The van der Waals surface area contributed by atoms with Gasteiger partial charge in [-0.2, -0.15) is 0 Å². The highest BCUT2D eigenvalue weighted by Gasteiger charge is 2.23. The van der Waals surface area contributed by atoms with Gasteiger partial charge in [-0.05, 0) is 44.0 Å². The third-order valence-corrected chi connectivity index (χ3v) is 2.49.